The lowest BCUT2D eigenvalue weighted by Gasteiger charge is -2.38. The molecule has 1 amide bonds. The van der Waals surface area contributed by atoms with Crippen LogP contribution in [-0.2, 0) is 4.79 Å². The monoisotopic (exact) mass is 478 g/mol. The number of aromatic nitrogens is 2. The second kappa shape index (κ2) is 9.04. The molecule has 2 fully saturated rings. The largest absolute Gasteiger partial charge is 0.493 e. The summed E-state index contributed by atoms with van der Waals surface area (Å²) < 4.78 is 12.2. The van der Waals surface area contributed by atoms with Gasteiger partial charge in [-0.3, -0.25) is 4.79 Å². The zero-order valence-corrected chi connectivity index (χ0v) is 20.0. The summed E-state index contributed by atoms with van der Waals surface area (Å²) in [6, 6.07) is 18.5. The molecular formula is C29H26N4O3. The highest BCUT2D eigenvalue weighted by molar-refractivity contribution is 5.99. The van der Waals surface area contributed by atoms with Crippen molar-refractivity contribution >= 4 is 39.1 Å². The molecule has 4 aromatic rings. The first-order chi connectivity index (χ1) is 17.6. The maximum absolute atomic E-state index is 12.2. The van der Waals surface area contributed by atoms with E-state index in [1.807, 2.05) is 41.3 Å². The summed E-state index contributed by atoms with van der Waals surface area (Å²) in [4.78, 5) is 23.1. The normalized spacial score (nSPS) is 20.8. The number of carbonyl (C=O) groups excluding carboxylic acids is 1. The number of terminal acetylenes is 1. The van der Waals surface area contributed by atoms with Gasteiger partial charge in [-0.15, -0.1) is 6.42 Å². The van der Waals surface area contributed by atoms with Crippen molar-refractivity contribution in [3.63, 3.8) is 0 Å². The molecule has 2 unspecified atom stereocenters. The average molecular weight is 479 g/mol. The zero-order chi connectivity index (χ0) is 24.6. The number of nitrogens with zero attached hydrogens (tertiary/aromatic N) is 3. The van der Waals surface area contributed by atoms with E-state index in [1.54, 1.807) is 13.4 Å². The molecule has 180 valence electrons. The number of hydrogen-bond acceptors (Lipinski definition) is 6. The van der Waals surface area contributed by atoms with Crippen LogP contribution in [0.3, 0.4) is 0 Å². The standard InChI is InChI=1S/C29H26N4O3/c1-3-28(34)33-19-11-12-20(33)14-21(13-19)36-27-15-23-25(16-26(27)35-2)30-17-31-29(23)32-24-10-6-8-18-7-4-5-9-22(18)24/h1,4-10,15-17,19-21H,11-14H2,2H3,(H,30,31,32). The predicted octanol–water partition coefficient (Wildman–Crippen LogP) is 5.07. The summed E-state index contributed by atoms with van der Waals surface area (Å²) >= 11 is 0. The van der Waals surface area contributed by atoms with E-state index in [0.29, 0.717) is 17.3 Å². The number of benzene rings is 3. The fraction of sp³-hybridized carbons (Fsp3) is 0.276. The quantitative estimate of drug-likeness (QED) is 0.404. The Hall–Kier alpha value is -4.31. The molecule has 2 saturated heterocycles. The zero-order valence-electron chi connectivity index (χ0n) is 20.0. The summed E-state index contributed by atoms with van der Waals surface area (Å²) in [5.41, 5.74) is 1.72. The molecule has 2 aliphatic heterocycles. The Bertz CT molecular complexity index is 1490. The van der Waals surface area contributed by atoms with Gasteiger partial charge in [-0.1, -0.05) is 36.4 Å². The van der Waals surface area contributed by atoms with E-state index in [9.17, 15) is 4.79 Å². The second-order valence-electron chi connectivity index (χ2n) is 9.35. The summed E-state index contributed by atoms with van der Waals surface area (Å²) in [7, 11) is 1.63. The molecule has 3 heterocycles. The molecule has 36 heavy (non-hydrogen) atoms. The Morgan fingerprint density at radius 1 is 1.03 bits per heavy atom. The van der Waals surface area contributed by atoms with Crippen LogP contribution >= 0.6 is 0 Å². The fourth-order valence-electron chi connectivity index (χ4n) is 5.69. The van der Waals surface area contributed by atoms with Crippen LogP contribution in [0, 0.1) is 12.3 Å². The van der Waals surface area contributed by atoms with Gasteiger partial charge in [0, 0.05) is 47.5 Å². The molecule has 1 N–H and O–H groups in total. The van der Waals surface area contributed by atoms with Crippen molar-refractivity contribution < 1.29 is 14.3 Å². The Kier molecular flexibility index (Phi) is 5.57. The number of piperidine rings is 1. The van der Waals surface area contributed by atoms with Crippen molar-refractivity contribution in [2.75, 3.05) is 12.4 Å². The number of methoxy groups -OCH3 is 1. The molecule has 0 radical (unpaired) electrons. The van der Waals surface area contributed by atoms with E-state index in [4.69, 9.17) is 15.9 Å². The molecule has 0 aliphatic carbocycles. The summed E-state index contributed by atoms with van der Waals surface area (Å²) in [6.07, 6.45) is 10.3. The van der Waals surface area contributed by atoms with Gasteiger partial charge in [0.2, 0.25) is 0 Å². The third-order valence-electron chi connectivity index (χ3n) is 7.30. The Morgan fingerprint density at radius 2 is 1.81 bits per heavy atom. The van der Waals surface area contributed by atoms with Crippen molar-refractivity contribution in [1.29, 1.82) is 0 Å². The molecule has 3 aromatic carbocycles. The SMILES string of the molecule is C#CC(=O)N1C2CCC1CC(Oc1cc3c(Nc4cccc5ccccc45)ncnc3cc1OC)C2. The van der Waals surface area contributed by atoms with Gasteiger partial charge in [0.25, 0.3) is 5.91 Å². The van der Waals surface area contributed by atoms with E-state index < -0.39 is 0 Å². The van der Waals surface area contributed by atoms with E-state index >= 15 is 0 Å². The van der Waals surface area contributed by atoms with Gasteiger partial charge < -0.3 is 19.7 Å². The van der Waals surface area contributed by atoms with Crippen molar-refractivity contribution in [1.82, 2.24) is 14.9 Å². The lowest BCUT2D eigenvalue weighted by atomic mass is 9.99. The van der Waals surface area contributed by atoms with Gasteiger partial charge in [0.15, 0.2) is 11.5 Å². The van der Waals surface area contributed by atoms with E-state index in [-0.39, 0.29) is 24.1 Å². The van der Waals surface area contributed by atoms with E-state index in [1.165, 1.54) is 0 Å². The van der Waals surface area contributed by atoms with Crippen molar-refractivity contribution in [3.8, 4) is 23.8 Å². The van der Waals surface area contributed by atoms with Crippen LogP contribution in [0.2, 0.25) is 0 Å². The van der Waals surface area contributed by atoms with Crippen LogP contribution in [0.1, 0.15) is 25.7 Å². The molecule has 1 aromatic heterocycles. The van der Waals surface area contributed by atoms with E-state index in [2.05, 4.69) is 39.4 Å². The van der Waals surface area contributed by atoms with Gasteiger partial charge in [-0.25, -0.2) is 9.97 Å². The van der Waals surface area contributed by atoms with Gasteiger partial charge in [0.05, 0.1) is 12.6 Å². The lowest BCUT2D eigenvalue weighted by Crippen LogP contribution is -2.48. The number of nitrogens with one attached hydrogen (secondary N) is 1. The topological polar surface area (TPSA) is 76.6 Å². The molecule has 0 spiro atoms. The summed E-state index contributed by atoms with van der Waals surface area (Å²) in [6.45, 7) is 0. The second-order valence-corrected chi connectivity index (χ2v) is 9.35. The first-order valence-electron chi connectivity index (χ1n) is 12.2. The smallest absolute Gasteiger partial charge is 0.298 e. The minimum absolute atomic E-state index is 0.0326. The highest BCUT2D eigenvalue weighted by Gasteiger charge is 2.43. The first-order valence-corrected chi connectivity index (χ1v) is 12.2. The van der Waals surface area contributed by atoms with Crippen molar-refractivity contribution in [2.45, 2.75) is 43.9 Å². The van der Waals surface area contributed by atoms with Gasteiger partial charge in [-0.05, 0) is 36.3 Å². The lowest BCUT2D eigenvalue weighted by molar-refractivity contribution is -0.130. The molecular weight excluding hydrogens is 452 g/mol. The molecule has 7 heteroatoms. The third-order valence-corrected chi connectivity index (χ3v) is 7.30. The number of anilines is 2. The number of carbonyl (C=O) groups is 1. The van der Waals surface area contributed by atoms with Crippen molar-refractivity contribution in [2.24, 2.45) is 0 Å². The Labute approximate surface area is 209 Å². The van der Waals surface area contributed by atoms with Crippen LogP contribution in [0.15, 0.2) is 60.9 Å². The van der Waals surface area contributed by atoms with Gasteiger partial charge in [-0.2, -0.15) is 0 Å². The van der Waals surface area contributed by atoms with Crippen LogP contribution in [-0.4, -0.2) is 46.1 Å². The van der Waals surface area contributed by atoms with Crippen LogP contribution in [0.5, 0.6) is 11.5 Å². The number of fused-ring (bicyclic) bond motifs is 4. The van der Waals surface area contributed by atoms with Crippen LogP contribution in [0.25, 0.3) is 21.7 Å². The molecule has 0 saturated carbocycles. The number of amides is 1. The van der Waals surface area contributed by atoms with E-state index in [0.717, 1.165) is 53.0 Å². The molecule has 7 nitrogen and oxygen atoms in total. The predicted molar refractivity (Wildman–Crippen MR) is 139 cm³/mol. The minimum Gasteiger partial charge on any atom is -0.493 e. The Balaban J connectivity index is 1.32. The van der Waals surface area contributed by atoms with Crippen molar-refractivity contribution in [3.05, 3.63) is 60.9 Å². The Morgan fingerprint density at radius 3 is 2.58 bits per heavy atom. The highest BCUT2D eigenvalue weighted by atomic mass is 16.5. The average Bonchev–Trinajstić information content (AvgIpc) is 3.18. The third kappa shape index (κ3) is 3.85. The van der Waals surface area contributed by atoms with Gasteiger partial charge >= 0.3 is 0 Å². The molecule has 2 bridgehead atoms. The van der Waals surface area contributed by atoms with Crippen LogP contribution < -0.4 is 14.8 Å². The van der Waals surface area contributed by atoms with Crippen LogP contribution in [0.4, 0.5) is 11.5 Å². The molecule has 2 aliphatic rings. The summed E-state index contributed by atoms with van der Waals surface area (Å²) in [5.74, 6) is 4.01. The summed E-state index contributed by atoms with van der Waals surface area (Å²) in [5, 5.41) is 6.59. The molecule has 2 atom stereocenters. The maximum Gasteiger partial charge on any atom is 0.298 e. The number of hydrogen-bond donors (Lipinski definition) is 1. The maximum atomic E-state index is 12.2. The number of ether oxygens (including phenoxy) is 2. The fourth-order valence-corrected chi connectivity index (χ4v) is 5.69. The number of rotatable bonds is 5. The minimum atomic E-state index is -0.217. The molecule has 6 rings (SSSR count). The first kappa shape index (κ1) is 22.2. The van der Waals surface area contributed by atoms with Gasteiger partial charge in [0.1, 0.15) is 18.2 Å². The highest BCUT2D eigenvalue weighted by Crippen LogP contribution is 2.41.